The molecule has 2 aliphatic rings. The van der Waals surface area contributed by atoms with Crippen LogP contribution in [0.25, 0.3) is 0 Å². The lowest BCUT2D eigenvalue weighted by Gasteiger charge is -2.34. The summed E-state index contributed by atoms with van der Waals surface area (Å²) in [7, 11) is 0. The van der Waals surface area contributed by atoms with Gasteiger partial charge in [0.25, 0.3) is 0 Å². The van der Waals surface area contributed by atoms with Gasteiger partial charge in [-0.2, -0.15) is 0 Å². The van der Waals surface area contributed by atoms with Crippen LogP contribution >= 0.6 is 11.3 Å². The van der Waals surface area contributed by atoms with Crippen LogP contribution in [0, 0.1) is 5.92 Å². The highest BCUT2D eigenvalue weighted by Gasteiger charge is 2.36. The molecule has 0 aromatic carbocycles. The van der Waals surface area contributed by atoms with Crippen molar-refractivity contribution in [3.05, 3.63) is 22.4 Å². The van der Waals surface area contributed by atoms with Gasteiger partial charge in [-0.25, -0.2) is 4.79 Å². The summed E-state index contributed by atoms with van der Waals surface area (Å²) in [5.41, 5.74) is 5.35. The van der Waals surface area contributed by atoms with Crippen LogP contribution in [-0.4, -0.2) is 41.4 Å². The Morgan fingerprint density at radius 2 is 2.05 bits per heavy atom. The molecular weight excluding hydrogens is 286 g/mol. The fourth-order valence-corrected chi connectivity index (χ4v) is 4.29. The fourth-order valence-electron chi connectivity index (χ4n) is 3.42. The Bertz CT molecular complexity index is 517. The van der Waals surface area contributed by atoms with Crippen molar-refractivity contribution in [2.75, 3.05) is 19.6 Å². The summed E-state index contributed by atoms with van der Waals surface area (Å²) in [4.78, 5) is 29.0. The van der Waals surface area contributed by atoms with E-state index in [2.05, 4.69) is 11.4 Å². The Morgan fingerprint density at radius 3 is 2.76 bits per heavy atom. The number of carbonyl (C=O) groups is 2. The van der Waals surface area contributed by atoms with Gasteiger partial charge in [-0.1, -0.05) is 6.07 Å². The largest absolute Gasteiger partial charge is 0.351 e. The van der Waals surface area contributed by atoms with Gasteiger partial charge in [-0.15, -0.1) is 11.3 Å². The highest BCUT2D eigenvalue weighted by molar-refractivity contribution is 7.10. The first-order chi connectivity index (χ1) is 10.2. The van der Waals surface area contributed by atoms with Crippen LogP contribution in [-0.2, 0) is 4.79 Å². The molecule has 2 N–H and O–H groups in total. The van der Waals surface area contributed by atoms with E-state index >= 15 is 0 Å². The van der Waals surface area contributed by atoms with E-state index in [1.54, 1.807) is 16.2 Å². The monoisotopic (exact) mass is 307 g/mol. The number of urea groups is 1. The van der Waals surface area contributed by atoms with Crippen LogP contribution in [0.4, 0.5) is 4.79 Å². The molecule has 3 amide bonds. The summed E-state index contributed by atoms with van der Waals surface area (Å²) in [5, 5.41) is 2.06. The zero-order valence-electron chi connectivity index (χ0n) is 12.0. The molecule has 2 atom stereocenters. The van der Waals surface area contributed by atoms with E-state index in [-0.39, 0.29) is 17.9 Å². The van der Waals surface area contributed by atoms with E-state index in [1.807, 2.05) is 11.0 Å². The number of thiophene rings is 1. The lowest BCUT2D eigenvalue weighted by atomic mass is 9.96. The summed E-state index contributed by atoms with van der Waals surface area (Å²) < 4.78 is 0. The van der Waals surface area contributed by atoms with Gasteiger partial charge in [0.2, 0.25) is 5.91 Å². The van der Waals surface area contributed by atoms with E-state index in [1.165, 1.54) is 4.88 Å². The number of piperidine rings is 1. The van der Waals surface area contributed by atoms with Crippen LogP contribution in [0.2, 0.25) is 0 Å². The minimum Gasteiger partial charge on any atom is -0.351 e. The van der Waals surface area contributed by atoms with Crippen molar-refractivity contribution in [1.82, 2.24) is 9.80 Å². The van der Waals surface area contributed by atoms with Gasteiger partial charge in [0.1, 0.15) is 0 Å². The maximum Gasteiger partial charge on any atom is 0.314 e. The zero-order chi connectivity index (χ0) is 14.8. The molecule has 0 saturated carbocycles. The summed E-state index contributed by atoms with van der Waals surface area (Å²) >= 11 is 1.72. The van der Waals surface area contributed by atoms with E-state index in [0.29, 0.717) is 13.1 Å². The number of carbonyl (C=O) groups excluding carboxylic acids is 2. The molecule has 114 valence electrons. The van der Waals surface area contributed by atoms with Gasteiger partial charge in [0.05, 0.1) is 12.0 Å². The third-order valence-electron chi connectivity index (χ3n) is 4.49. The number of amides is 3. The summed E-state index contributed by atoms with van der Waals surface area (Å²) in [6.07, 6.45) is 3.81. The Morgan fingerprint density at radius 1 is 1.24 bits per heavy atom. The van der Waals surface area contributed by atoms with E-state index in [9.17, 15) is 9.59 Å². The molecule has 6 heteroatoms. The smallest absolute Gasteiger partial charge is 0.314 e. The summed E-state index contributed by atoms with van der Waals surface area (Å²) in [6, 6.07) is 3.96. The van der Waals surface area contributed by atoms with Crippen LogP contribution in [0.1, 0.15) is 36.6 Å². The quantitative estimate of drug-likeness (QED) is 0.910. The number of nitrogens with two attached hydrogens (primary N) is 1. The Balaban J connectivity index is 1.70. The van der Waals surface area contributed by atoms with Gasteiger partial charge in [-0.3, -0.25) is 4.79 Å². The molecular formula is C15H21N3O2S. The summed E-state index contributed by atoms with van der Waals surface area (Å²) in [6.45, 7) is 1.98. The first-order valence-electron chi connectivity index (χ1n) is 7.55. The SMILES string of the molecule is NC(=O)N1CCC[C@@H](C(=O)N2CCC[C@H]2c2cccs2)C1. The van der Waals surface area contributed by atoms with Crippen molar-refractivity contribution < 1.29 is 9.59 Å². The predicted octanol–water partition coefficient (Wildman–Crippen LogP) is 2.20. The van der Waals surface area contributed by atoms with Crippen LogP contribution in [0.5, 0.6) is 0 Å². The Hall–Kier alpha value is -1.56. The highest BCUT2D eigenvalue weighted by atomic mass is 32.1. The number of hydrogen-bond acceptors (Lipinski definition) is 3. The number of nitrogens with zero attached hydrogens (tertiary/aromatic N) is 2. The molecule has 2 saturated heterocycles. The first-order valence-corrected chi connectivity index (χ1v) is 8.43. The third-order valence-corrected chi connectivity index (χ3v) is 5.46. The molecule has 0 bridgehead atoms. The van der Waals surface area contributed by atoms with Crippen LogP contribution in [0.15, 0.2) is 17.5 Å². The maximum atomic E-state index is 12.8. The van der Waals surface area contributed by atoms with Crippen molar-refractivity contribution in [2.45, 2.75) is 31.7 Å². The van der Waals surface area contributed by atoms with Gasteiger partial charge in [-0.05, 0) is 37.1 Å². The molecule has 2 fully saturated rings. The van der Waals surface area contributed by atoms with Crippen molar-refractivity contribution in [3.63, 3.8) is 0 Å². The minimum absolute atomic E-state index is 0.0909. The highest BCUT2D eigenvalue weighted by Crippen LogP contribution is 2.36. The standard InChI is InChI=1S/C15H21N3O2S/c16-15(20)17-7-1-4-11(10-17)14(19)18-8-2-5-12(18)13-6-3-9-21-13/h3,6,9,11-12H,1-2,4-5,7-8,10H2,(H2,16,20)/t11-,12+/m1/s1. The Labute approximate surface area is 128 Å². The van der Waals surface area contributed by atoms with Gasteiger partial charge >= 0.3 is 6.03 Å². The average Bonchev–Trinajstić information content (AvgIpc) is 3.17. The molecule has 5 nitrogen and oxygen atoms in total. The Kier molecular flexibility index (Phi) is 4.14. The third kappa shape index (κ3) is 2.90. The molecule has 1 aromatic rings. The number of hydrogen-bond donors (Lipinski definition) is 1. The van der Waals surface area contributed by atoms with Crippen molar-refractivity contribution in [2.24, 2.45) is 11.7 Å². The minimum atomic E-state index is -0.413. The van der Waals surface area contributed by atoms with Crippen LogP contribution in [0.3, 0.4) is 0 Å². The van der Waals surface area contributed by atoms with Crippen LogP contribution < -0.4 is 5.73 Å². The molecule has 0 spiro atoms. The van der Waals surface area contributed by atoms with E-state index < -0.39 is 6.03 Å². The second kappa shape index (κ2) is 6.05. The lowest BCUT2D eigenvalue weighted by Crippen LogP contribution is -2.48. The molecule has 0 unspecified atom stereocenters. The van der Waals surface area contributed by atoms with Crippen molar-refractivity contribution in [3.8, 4) is 0 Å². The second-order valence-electron chi connectivity index (χ2n) is 5.83. The number of likely N-dealkylation sites (tertiary alicyclic amines) is 2. The van der Waals surface area contributed by atoms with E-state index in [0.717, 1.165) is 32.2 Å². The molecule has 21 heavy (non-hydrogen) atoms. The average molecular weight is 307 g/mol. The number of primary amides is 1. The molecule has 3 rings (SSSR count). The molecule has 2 aliphatic heterocycles. The zero-order valence-corrected chi connectivity index (χ0v) is 12.8. The van der Waals surface area contributed by atoms with Gasteiger partial charge in [0, 0.05) is 24.5 Å². The molecule has 0 radical (unpaired) electrons. The fraction of sp³-hybridized carbons (Fsp3) is 0.600. The van der Waals surface area contributed by atoms with Crippen molar-refractivity contribution in [1.29, 1.82) is 0 Å². The second-order valence-corrected chi connectivity index (χ2v) is 6.81. The normalized spacial score (nSPS) is 26.1. The molecule has 0 aliphatic carbocycles. The number of rotatable bonds is 2. The van der Waals surface area contributed by atoms with Gasteiger partial charge in [0.15, 0.2) is 0 Å². The molecule has 3 heterocycles. The first kappa shape index (κ1) is 14.4. The van der Waals surface area contributed by atoms with E-state index in [4.69, 9.17) is 5.73 Å². The lowest BCUT2D eigenvalue weighted by molar-refractivity contribution is -0.137. The summed E-state index contributed by atoms with van der Waals surface area (Å²) in [5.74, 6) is 0.101. The molecule has 1 aromatic heterocycles. The maximum absolute atomic E-state index is 12.8. The van der Waals surface area contributed by atoms with Gasteiger partial charge < -0.3 is 15.5 Å². The predicted molar refractivity (Wildman–Crippen MR) is 81.9 cm³/mol. The topological polar surface area (TPSA) is 66.6 Å². The van der Waals surface area contributed by atoms with Crippen molar-refractivity contribution >= 4 is 23.3 Å².